The summed E-state index contributed by atoms with van der Waals surface area (Å²) in [5.74, 6) is 0.801. The van der Waals surface area contributed by atoms with Gasteiger partial charge in [-0.3, -0.25) is 0 Å². The van der Waals surface area contributed by atoms with Crippen molar-refractivity contribution in [2.24, 2.45) is 5.16 Å². The van der Waals surface area contributed by atoms with Gasteiger partial charge >= 0.3 is 0 Å². The van der Waals surface area contributed by atoms with Gasteiger partial charge in [0, 0.05) is 6.42 Å². The van der Waals surface area contributed by atoms with Crippen molar-refractivity contribution in [3.8, 4) is 11.8 Å². The van der Waals surface area contributed by atoms with E-state index in [0.717, 1.165) is 17.0 Å². The maximum Gasteiger partial charge on any atom is 0.218 e. The minimum atomic E-state index is -0.442. The highest BCUT2D eigenvalue weighted by molar-refractivity contribution is 6.01. The normalized spacial score (nSPS) is 18.9. The summed E-state index contributed by atoms with van der Waals surface area (Å²) in [6.45, 7) is 0. The fourth-order valence-corrected chi connectivity index (χ4v) is 1.40. The van der Waals surface area contributed by atoms with Crippen LogP contribution in [0, 0.1) is 11.3 Å². The predicted octanol–water partition coefficient (Wildman–Crippen LogP) is 1.71. The first-order valence-corrected chi connectivity index (χ1v) is 4.60. The molecule has 1 heterocycles. The smallest absolute Gasteiger partial charge is 0.218 e. The van der Waals surface area contributed by atoms with Crippen LogP contribution in [0.5, 0.6) is 5.75 Å². The molecule has 0 unspecified atom stereocenters. The van der Waals surface area contributed by atoms with Crippen molar-refractivity contribution in [3.63, 3.8) is 0 Å². The van der Waals surface area contributed by atoms with E-state index in [-0.39, 0.29) is 0 Å². The van der Waals surface area contributed by atoms with E-state index in [1.54, 1.807) is 7.11 Å². The maximum absolute atomic E-state index is 8.64. The van der Waals surface area contributed by atoms with Gasteiger partial charge in [0.05, 0.1) is 12.8 Å². The Balaban J connectivity index is 2.15. The van der Waals surface area contributed by atoms with Crippen molar-refractivity contribution in [1.29, 1.82) is 5.26 Å². The number of nitrogens with zero attached hydrogens (tertiary/aromatic N) is 2. The summed E-state index contributed by atoms with van der Waals surface area (Å²) < 4.78 is 5.05. The van der Waals surface area contributed by atoms with Gasteiger partial charge in [0.1, 0.15) is 11.8 Å². The molecule has 0 spiro atoms. The molecule has 4 nitrogen and oxygen atoms in total. The first-order chi connectivity index (χ1) is 7.33. The standard InChI is InChI=1S/C11H10N2O2/c1-14-9-4-2-8(3-5-9)11-6-10(7-12)15-13-11/h2-5,10H,6H2,1H3/t10-/m0/s1. The van der Waals surface area contributed by atoms with Gasteiger partial charge in [0.15, 0.2) is 0 Å². The molecule has 1 atom stereocenters. The van der Waals surface area contributed by atoms with Gasteiger partial charge in [0.25, 0.3) is 0 Å². The summed E-state index contributed by atoms with van der Waals surface area (Å²) in [5, 5.41) is 12.5. The molecule has 1 aliphatic rings. The Bertz CT molecular complexity index is 417. The molecular formula is C11H10N2O2. The molecule has 1 aromatic rings. The highest BCUT2D eigenvalue weighted by atomic mass is 16.6. The second-order valence-corrected chi connectivity index (χ2v) is 3.19. The third kappa shape index (κ3) is 1.91. The Kier molecular flexibility index (Phi) is 2.55. The molecule has 15 heavy (non-hydrogen) atoms. The predicted molar refractivity (Wildman–Crippen MR) is 54.6 cm³/mol. The van der Waals surface area contributed by atoms with E-state index in [0.29, 0.717) is 6.42 Å². The highest BCUT2D eigenvalue weighted by Crippen LogP contribution is 2.18. The first kappa shape index (κ1) is 9.53. The molecule has 0 fully saturated rings. The zero-order valence-corrected chi connectivity index (χ0v) is 8.30. The molecule has 0 bridgehead atoms. The van der Waals surface area contributed by atoms with Crippen molar-refractivity contribution >= 4 is 5.71 Å². The third-order valence-electron chi connectivity index (χ3n) is 2.24. The summed E-state index contributed by atoms with van der Waals surface area (Å²) in [6.07, 6.45) is 0.102. The van der Waals surface area contributed by atoms with Crippen molar-refractivity contribution < 1.29 is 9.57 Å². The Morgan fingerprint density at radius 3 is 2.73 bits per heavy atom. The van der Waals surface area contributed by atoms with Crippen molar-refractivity contribution in [2.75, 3.05) is 7.11 Å². The van der Waals surface area contributed by atoms with Crippen LogP contribution in [-0.4, -0.2) is 18.9 Å². The quantitative estimate of drug-likeness (QED) is 0.733. The average Bonchev–Trinajstić information content (AvgIpc) is 2.78. The minimum absolute atomic E-state index is 0.442. The fourth-order valence-electron chi connectivity index (χ4n) is 1.40. The lowest BCUT2D eigenvalue weighted by atomic mass is 10.1. The molecule has 76 valence electrons. The van der Waals surface area contributed by atoms with Gasteiger partial charge in [-0.25, -0.2) is 0 Å². The number of methoxy groups -OCH3 is 1. The van der Waals surface area contributed by atoms with Crippen LogP contribution < -0.4 is 4.74 Å². The molecule has 0 aliphatic carbocycles. The Morgan fingerprint density at radius 2 is 2.20 bits per heavy atom. The number of oxime groups is 1. The van der Waals surface area contributed by atoms with Crippen molar-refractivity contribution in [1.82, 2.24) is 0 Å². The number of hydrogen-bond donors (Lipinski definition) is 0. The molecule has 1 aromatic carbocycles. The summed E-state index contributed by atoms with van der Waals surface area (Å²) in [5.41, 5.74) is 1.78. The molecule has 2 rings (SSSR count). The van der Waals surface area contributed by atoms with Crippen LogP contribution in [0.2, 0.25) is 0 Å². The van der Waals surface area contributed by atoms with Crippen LogP contribution in [0.15, 0.2) is 29.4 Å². The Hall–Kier alpha value is -2.02. The highest BCUT2D eigenvalue weighted by Gasteiger charge is 2.21. The molecule has 0 N–H and O–H groups in total. The average molecular weight is 202 g/mol. The van der Waals surface area contributed by atoms with Crippen LogP contribution in [0.25, 0.3) is 0 Å². The zero-order chi connectivity index (χ0) is 10.7. The van der Waals surface area contributed by atoms with Crippen LogP contribution in [-0.2, 0) is 4.84 Å². The van der Waals surface area contributed by atoms with E-state index in [1.807, 2.05) is 30.3 Å². The second kappa shape index (κ2) is 4.01. The molecule has 0 aromatic heterocycles. The Morgan fingerprint density at radius 1 is 1.47 bits per heavy atom. The van der Waals surface area contributed by atoms with E-state index < -0.39 is 6.10 Å². The van der Waals surface area contributed by atoms with E-state index in [4.69, 9.17) is 14.8 Å². The van der Waals surface area contributed by atoms with E-state index in [9.17, 15) is 0 Å². The fraction of sp³-hybridized carbons (Fsp3) is 0.273. The molecule has 0 saturated carbocycles. The number of nitriles is 1. The largest absolute Gasteiger partial charge is 0.497 e. The zero-order valence-electron chi connectivity index (χ0n) is 8.30. The monoisotopic (exact) mass is 202 g/mol. The molecule has 0 amide bonds. The minimum Gasteiger partial charge on any atom is -0.497 e. The van der Waals surface area contributed by atoms with E-state index in [2.05, 4.69) is 5.16 Å². The molecule has 1 aliphatic heterocycles. The lowest BCUT2D eigenvalue weighted by Crippen LogP contribution is -2.04. The number of rotatable bonds is 2. The number of hydrogen-bond acceptors (Lipinski definition) is 4. The van der Waals surface area contributed by atoms with Crippen LogP contribution in [0.4, 0.5) is 0 Å². The first-order valence-electron chi connectivity index (χ1n) is 4.60. The lowest BCUT2D eigenvalue weighted by molar-refractivity contribution is 0.125. The van der Waals surface area contributed by atoms with Gasteiger partial charge in [-0.1, -0.05) is 5.16 Å². The SMILES string of the molecule is COc1ccc(C2=NO[C@H](C#N)C2)cc1. The van der Waals surface area contributed by atoms with Crippen LogP contribution in [0.3, 0.4) is 0 Å². The summed E-state index contributed by atoms with van der Waals surface area (Å²) >= 11 is 0. The van der Waals surface area contributed by atoms with Gasteiger partial charge in [0.2, 0.25) is 6.10 Å². The molecule has 4 heteroatoms. The van der Waals surface area contributed by atoms with Crippen molar-refractivity contribution in [3.05, 3.63) is 29.8 Å². The summed E-state index contributed by atoms with van der Waals surface area (Å²) in [4.78, 5) is 4.92. The van der Waals surface area contributed by atoms with Gasteiger partial charge in [-0.2, -0.15) is 5.26 Å². The van der Waals surface area contributed by atoms with E-state index >= 15 is 0 Å². The van der Waals surface area contributed by atoms with Crippen molar-refractivity contribution in [2.45, 2.75) is 12.5 Å². The summed E-state index contributed by atoms with van der Waals surface area (Å²) in [7, 11) is 1.62. The van der Waals surface area contributed by atoms with Crippen LogP contribution in [0.1, 0.15) is 12.0 Å². The summed E-state index contributed by atoms with van der Waals surface area (Å²) in [6, 6.07) is 9.55. The van der Waals surface area contributed by atoms with Crippen LogP contribution >= 0.6 is 0 Å². The number of ether oxygens (including phenoxy) is 1. The second-order valence-electron chi connectivity index (χ2n) is 3.19. The topological polar surface area (TPSA) is 54.6 Å². The number of benzene rings is 1. The maximum atomic E-state index is 8.64. The third-order valence-corrected chi connectivity index (χ3v) is 2.24. The molecule has 0 saturated heterocycles. The van der Waals surface area contributed by atoms with Gasteiger partial charge in [-0.05, 0) is 29.8 Å². The van der Waals surface area contributed by atoms with Gasteiger partial charge in [-0.15, -0.1) is 0 Å². The van der Waals surface area contributed by atoms with Gasteiger partial charge < -0.3 is 9.57 Å². The van der Waals surface area contributed by atoms with E-state index in [1.165, 1.54) is 0 Å². The lowest BCUT2D eigenvalue weighted by Gasteiger charge is -2.01. The Labute approximate surface area is 87.7 Å². The molecule has 0 radical (unpaired) electrons. The molecular weight excluding hydrogens is 192 g/mol.